The van der Waals surface area contributed by atoms with E-state index >= 15 is 0 Å². The molecule has 0 aromatic heterocycles. The highest BCUT2D eigenvalue weighted by Crippen LogP contribution is 2.24. The maximum atomic E-state index is 12.8. The summed E-state index contributed by atoms with van der Waals surface area (Å²) in [5, 5.41) is 3.31. The van der Waals surface area contributed by atoms with Gasteiger partial charge in [-0.15, -0.1) is 6.58 Å². The summed E-state index contributed by atoms with van der Waals surface area (Å²) >= 11 is 3.32. The molecule has 0 aliphatic rings. The molecule has 0 radical (unpaired) electrons. The van der Waals surface area contributed by atoms with Crippen LogP contribution in [0, 0.1) is 5.82 Å². The molecule has 0 aliphatic heterocycles. The third kappa shape index (κ3) is 4.04. The number of nitrogens with one attached hydrogen (secondary N) is 1. The molecule has 0 saturated heterocycles. The van der Waals surface area contributed by atoms with Gasteiger partial charge in [-0.2, -0.15) is 0 Å². The summed E-state index contributed by atoms with van der Waals surface area (Å²) in [5.41, 5.74) is 0.924. The van der Waals surface area contributed by atoms with Crippen LogP contribution >= 0.6 is 15.9 Å². The van der Waals surface area contributed by atoms with Crippen LogP contribution in [-0.2, 0) is 0 Å². The molecule has 0 fully saturated rings. The molecule has 0 spiro atoms. The Morgan fingerprint density at radius 2 is 2.33 bits per heavy atom. The topological polar surface area (TPSA) is 12.0 Å². The van der Waals surface area contributed by atoms with Crippen molar-refractivity contribution in [3.8, 4) is 0 Å². The molecule has 0 bridgehead atoms. The number of hydrogen-bond donors (Lipinski definition) is 1. The minimum absolute atomic E-state index is 0.230. The quantitative estimate of drug-likeness (QED) is 0.785. The van der Waals surface area contributed by atoms with E-state index in [0.717, 1.165) is 23.0 Å². The van der Waals surface area contributed by atoms with Crippen molar-refractivity contribution in [3.63, 3.8) is 0 Å². The molecule has 82 valence electrons. The minimum atomic E-state index is -0.230. The van der Waals surface area contributed by atoms with Crippen LogP contribution in [0.15, 0.2) is 35.3 Å². The SMILES string of the molecule is C=CCCC(C)Nc1ccc(F)cc1Br. The zero-order valence-electron chi connectivity index (χ0n) is 8.76. The van der Waals surface area contributed by atoms with Gasteiger partial charge < -0.3 is 5.32 Å². The van der Waals surface area contributed by atoms with Crippen LogP contribution in [0.3, 0.4) is 0 Å². The van der Waals surface area contributed by atoms with E-state index in [4.69, 9.17) is 0 Å². The summed E-state index contributed by atoms with van der Waals surface area (Å²) in [6, 6.07) is 5.00. The number of allylic oxidation sites excluding steroid dienone is 1. The fourth-order valence-corrected chi connectivity index (χ4v) is 1.78. The standard InChI is InChI=1S/C12H15BrFN/c1-3-4-5-9(2)15-12-7-6-10(14)8-11(12)13/h3,6-9,15H,1,4-5H2,2H3. The Labute approximate surface area is 98.5 Å². The van der Waals surface area contributed by atoms with Crippen molar-refractivity contribution in [3.05, 3.63) is 41.1 Å². The Balaban J connectivity index is 2.59. The van der Waals surface area contributed by atoms with Crippen LogP contribution in [0.4, 0.5) is 10.1 Å². The molecule has 1 aromatic rings. The molecule has 0 amide bonds. The van der Waals surface area contributed by atoms with Gasteiger partial charge in [0.15, 0.2) is 0 Å². The van der Waals surface area contributed by atoms with E-state index < -0.39 is 0 Å². The van der Waals surface area contributed by atoms with Gasteiger partial charge in [-0.3, -0.25) is 0 Å². The lowest BCUT2D eigenvalue weighted by molar-refractivity contribution is 0.626. The normalized spacial score (nSPS) is 12.2. The first-order valence-electron chi connectivity index (χ1n) is 4.96. The summed E-state index contributed by atoms with van der Waals surface area (Å²) in [6.45, 7) is 5.78. The van der Waals surface area contributed by atoms with E-state index in [-0.39, 0.29) is 5.82 Å². The Morgan fingerprint density at radius 3 is 2.93 bits per heavy atom. The van der Waals surface area contributed by atoms with Gasteiger partial charge in [0, 0.05) is 16.2 Å². The number of halogens is 2. The zero-order chi connectivity index (χ0) is 11.3. The number of benzene rings is 1. The van der Waals surface area contributed by atoms with Crippen molar-refractivity contribution in [2.24, 2.45) is 0 Å². The number of hydrogen-bond acceptors (Lipinski definition) is 1. The lowest BCUT2D eigenvalue weighted by atomic mass is 10.1. The van der Waals surface area contributed by atoms with E-state index in [1.54, 1.807) is 6.07 Å². The van der Waals surface area contributed by atoms with Crippen molar-refractivity contribution in [2.75, 3.05) is 5.32 Å². The van der Waals surface area contributed by atoms with E-state index in [1.165, 1.54) is 12.1 Å². The Kier molecular flexibility index (Phi) is 4.82. The Hall–Kier alpha value is -0.830. The largest absolute Gasteiger partial charge is 0.382 e. The van der Waals surface area contributed by atoms with Gasteiger partial charge in [-0.1, -0.05) is 6.08 Å². The maximum Gasteiger partial charge on any atom is 0.124 e. The van der Waals surface area contributed by atoms with Crippen LogP contribution in [-0.4, -0.2) is 6.04 Å². The van der Waals surface area contributed by atoms with Crippen molar-refractivity contribution < 1.29 is 4.39 Å². The Morgan fingerprint density at radius 1 is 1.60 bits per heavy atom. The average molecular weight is 272 g/mol. The molecule has 1 atom stereocenters. The first-order valence-corrected chi connectivity index (χ1v) is 5.75. The minimum Gasteiger partial charge on any atom is -0.382 e. The molecule has 1 rings (SSSR count). The molecule has 0 heterocycles. The van der Waals surface area contributed by atoms with Gasteiger partial charge in [0.1, 0.15) is 5.82 Å². The number of rotatable bonds is 5. The monoisotopic (exact) mass is 271 g/mol. The van der Waals surface area contributed by atoms with Crippen molar-refractivity contribution in [1.29, 1.82) is 0 Å². The summed E-state index contributed by atoms with van der Waals surface area (Å²) < 4.78 is 13.6. The Bertz CT molecular complexity index is 338. The van der Waals surface area contributed by atoms with Gasteiger partial charge in [-0.05, 0) is 53.9 Å². The van der Waals surface area contributed by atoms with E-state index in [0.29, 0.717) is 6.04 Å². The molecule has 0 saturated carbocycles. The van der Waals surface area contributed by atoms with Gasteiger partial charge >= 0.3 is 0 Å². The van der Waals surface area contributed by atoms with Crippen molar-refractivity contribution >= 4 is 21.6 Å². The highest BCUT2D eigenvalue weighted by Gasteiger charge is 2.04. The molecular formula is C12H15BrFN. The first kappa shape index (κ1) is 12.2. The van der Waals surface area contributed by atoms with Crippen LogP contribution < -0.4 is 5.32 Å². The summed E-state index contributed by atoms with van der Waals surface area (Å²) in [6.07, 6.45) is 3.90. The van der Waals surface area contributed by atoms with Gasteiger partial charge in [0.05, 0.1) is 0 Å². The highest BCUT2D eigenvalue weighted by atomic mass is 79.9. The van der Waals surface area contributed by atoms with Crippen LogP contribution in [0.5, 0.6) is 0 Å². The molecule has 15 heavy (non-hydrogen) atoms. The van der Waals surface area contributed by atoms with E-state index in [9.17, 15) is 4.39 Å². The predicted molar refractivity (Wildman–Crippen MR) is 66.6 cm³/mol. The first-order chi connectivity index (χ1) is 7.13. The summed E-state index contributed by atoms with van der Waals surface area (Å²) in [4.78, 5) is 0. The smallest absolute Gasteiger partial charge is 0.124 e. The summed E-state index contributed by atoms with van der Waals surface area (Å²) in [5.74, 6) is -0.230. The number of anilines is 1. The van der Waals surface area contributed by atoms with E-state index in [1.807, 2.05) is 6.08 Å². The second-order valence-corrected chi connectivity index (χ2v) is 4.39. The second-order valence-electron chi connectivity index (χ2n) is 3.54. The fourth-order valence-electron chi connectivity index (χ4n) is 1.31. The van der Waals surface area contributed by atoms with Gasteiger partial charge in [-0.25, -0.2) is 4.39 Å². The summed E-state index contributed by atoms with van der Waals surface area (Å²) in [7, 11) is 0. The predicted octanol–water partition coefficient (Wildman–Crippen LogP) is 4.35. The molecule has 0 aliphatic carbocycles. The second kappa shape index (κ2) is 5.91. The lowest BCUT2D eigenvalue weighted by Gasteiger charge is -2.15. The molecule has 1 nitrogen and oxygen atoms in total. The van der Waals surface area contributed by atoms with Gasteiger partial charge in [0.25, 0.3) is 0 Å². The molecule has 1 unspecified atom stereocenters. The van der Waals surface area contributed by atoms with Crippen molar-refractivity contribution in [2.45, 2.75) is 25.8 Å². The van der Waals surface area contributed by atoms with Crippen LogP contribution in [0.1, 0.15) is 19.8 Å². The fraction of sp³-hybridized carbons (Fsp3) is 0.333. The van der Waals surface area contributed by atoms with E-state index in [2.05, 4.69) is 34.7 Å². The zero-order valence-corrected chi connectivity index (χ0v) is 10.3. The lowest BCUT2D eigenvalue weighted by Crippen LogP contribution is -2.14. The molecule has 1 N–H and O–H groups in total. The molecule has 3 heteroatoms. The highest BCUT2D eigenvalue weighted by molar-refractivity contribution is 9.10. The molecule has 1 aromatic carbocycles. The third-order valence-electron chi connectivity index (χ3n) is 2.14. The van der Waals surface area contributed by atoms with Crippen molar-refractivity contribution in [1.82, 2.24) is 0 Å². The average Bonchev–Trinajstić information content (AvgIpc) is 2.19. The van der Waals surface area contributed by atoms with Crippen LogP contribution in [0.2, 0.25) is 0 Å². The maximum absolute atomic E-state index is 12.8. The third-order valence-corrected chi connectivity index (χ3v) is 2.79. The van der Waals surface area contributed by atoms with Gasteiger partial charge in [0.2, 0.25) is 0 Å². The molecular weight excluding hydrogens is 257 g/mol. The van der Waals surface area contributed by atoms with Crippen LogP contribution in [0.25, 0.3) is 0 Å².